The minimum absolute atomic E-state index is 0.398. The fourth-order valence-electron chi connectivity index (χ4n) is 2.65. The van der Waals surface area contributed by atoms with Gasteiger partial charge in [0.25, 0.3) is 5.89 Å². The van der Waals surface area contributed by atoms with Crippen molar-refractivity contribution in [3.63, 3.8) is 0 Å². The first-order valence-electron chi connectivity index (χ1n) is 6.87. The highest BCUT2D eigenvalue weighted by molar-refractivity contribution is 5.53. The number of hydrogen-bond donors (Lipinski definition) is 1. The number of hydrogen-bond acceptors (Lipinski definition) is 4. The fourth-order valence-corrected chi connectivity index (χ4v) is 2.65. The Morgan fingerprint density at radius 3 is 2.47 bits per heavy atom. The highest BCUT2D eigenvalue weighted by Gasteiger charge is 2.34. The van der Waals surface area contributed by atoms with E-state index in [-0.39, 0.29) is 0 Å². The third kappa shape index (κ3) is 2.40. The van der Waals surface area contributed by atoms with Crippen molar-refractivity contribution in [1.82, 2.24) is 10.1 Å². The second-order valence-corrected chi connectivity index (χ2v) is 5.51. The molecular formula is C15H19N3O. The quantitative estimate of drug-likeness (QED) is 0.897. The van der Waals surface area contributed by atoms with Gasteiger partial charge in [-0.3, -0.25) is 0 Å². The van der Waals surface area contributed by atoms with Gasteiger partial charge in [-0.25, -0.2) is 0 Å². The number of benzene rings is 1. The van der Waals surface area contributed by atoms with Gasteiger partial charge in [0.05, 0.1) is 5.54 Å². The van der Waals surface area contributed by atoms with Gasteiger partial charge in [0.15, 0.2) is 5.82 Å². The molecule has 1 heterocycles. The van der Waals surface area contributed by atoms with E-state index in [2.05, 4.69) is 17.1 Å². The zero-order valence-corrected chi connectivity index (χ0v) is 11.2. The Balaban J connectivity index is 1.88. The molecule has 2 N–H and O–H groups in total. The summed E-state index contributed by atoms with van der Waals surface area (Å²) in [6.07, 6.45) is 5.43. The first-order valence-corrected chi connectivity index (χ1v) is 6.87. The van der Waals surface area contributed by atoms with Gasteiger partial charge >= 0.3 is 0 Å². The van der Waals surface area contributed by atoms with E-state index >= 15 is 0 Å². The minimum atomic E-state index is -0.398. The molecule has 100 valence electrons. The van der Waals surface area contributed by atoms with Crippen LogP contribution in [0.25, 0.3) is 11.5 Å². The molecule has 1 aromatic carbocycles. The van der Waals surface area contributed by atoms with E-state index in [9.17, 15) is 0 Å². The van der Waals surface area contributed by atoms with E-state index < -0.39 is 5.54 Å². The summed E-state index contributed by atoms with van der Waals surface area (Å²) in [7, 11) is 0. The van der Waals surface area contributed by atoms with Gasteiger partial charge in [0, 0.05) is 5.56 Å². The lowest BCUT2D eigenvalue weighted by Gasteiger charge is -2.29. The molecule has 2 aromatic rings. The van der Waals surface area contributed by atoms with E-state index in [1.54, 1.807) is 0 Å². The van der Waals surface area contributed by atoms with Gasteiger partial charge < -0.3 is 10.3 Å². The number of rotatable bonds is 2. The molecule has 3 rings (SSSR count). The van der Waals surface area contributed by atoms with Crippen LogP contribution < -0.4 is 5.73 Å². The van der Waals surface area contributed by atoms with Crippen LogP contribution in [0.1, 0.15) is 43.5 Å². The second kappa shape index (κ2) is 4.78. The number of nitrogens with two attached hydrogens (primary N) is 1. The Labute approximate surface area is 113 Å². The van der Waals surface area contributed by atoms with Crippen LogP contribution in [0, 0.1) is 6.92 Å². The van der Waals surface area contributed by atoms with Crippen molar-refractivity contribution in [3.05, 3.63) is 35.7 Å². The monoisotopic (exact) mass is 257 g/mol. The maximum absolute atomic E-state index is 6.41. The van der Waals surface area contributed by atoms with Crippen molar-refractivity contribution in [2.75, 3.05) is 0 Å². The van der Waals surface area contributed by atoms with Crippen LogP contribution in [0.3, 0.4) is 0 Å². The molecule has 0 saturated heterocycles. The molecule has 1 aromatic heterocycles. The second-order valence-electron chi connectivity index (χ2n) is 5.51. The van der Waals surface area contributed by atoms with Crippen LogP contribution >= 0.6 is 0 Å². The smallest absolute Gasteiger partial charge is 0.257 e. The molecule has 0 spiro atoms. The normalized spacial score (nSPS) is 18.4. The van der Waals surface area contributed by atoms with Gasteiger partial charge in [-0.05, 0) is 31.9 Å². The Morgan fingerprint density at radius 2 is 1.79 bits per heavy atom. The molecule has 4 nitrogen and oxygen atoms in total. The van der Waals surface area contributed by atoms with Gasteiger partial charge in [-0.2, -0.15) is 4.98 Å². The third-order valence-corrected chi connectivity index (χ3v) is 3.92. The van der Waals surface area contributed by atoms with Crippen molar-refractivity contribution in [3.8, 4) is 11.5 Å². The Kier molecular flexibility index (Phi) is 3.11. The molecule has 1 aliphatic carbocycles. The maximum atomic E-state index is 6.41. The fraction of sp³-hybridized carbons (Fsp3) is 0.467. The lowest BCUT2D eigenvalue weighted by molar-refractivity contribution is 0.275. The lowest BCUT2D eigenvalue weighted by atomic mass is 9.82. The lowest BCUT2D eigenvalue weighted by Crippen LogP contribution is -2.39. The molecule has 19 heavy (non-hydrogen) atoms. The predicted octanol–water partition coefficient (Wildman–Crippen LogP) is 3.16. The largest absolute Gasteiger partial charge is 0.334 e. The number of nitrogens with zero attached hydrogens (tertiary/aromatic N) is 2. The summed E-state index contributed by atoms with van der Waals surface area (Å²) < 4.78 is 5.37. The molecule has 0 radical (unpaired) electrons. The van der Waals surface area contributed by atoms with Crippen LogP contribution in [0.5, 0.6) is 0 Å². The van der Waals surface area contributed by atoms with Crippen molar-refractivity contribution in [2.24, 2.45) is 5.73 Å². The standard InChI is InChI=1S/C15H19N3O/c1-11-5-7-12(8-6-11)13-17-14(18-19-13)15(16)9-3-2-4-10-15/h5-8H,2-4,9-10,16H2,1H3. The van der Waals surface area contributed by atoms with E-state index in [0.717, 1.165) is 31.2 Å². The Hall–Kier alpha value is -1.68. The van der Waals surface area contributed by atoms with Gasteiger partial charge in [-0.15, -0.1) is 0 Å². The van der Waals surface area contributed by atoms with Gasteiger partial charge in [0.2, 0.25) is 0 Å². The summed E-state index contributed by atoms with van der Waals surface area (Å²) in [5.74, 6) is 1.22. The van der Waals surface area contributed by atoms with E-state index in [0.29, 0.717) is 11.7 Å². The summed E-state index contributed by atoms with van der Waals surface area (Å²) in [6, 6.07) is 8.07. The molecule has 0 atom stereocenters. The summed E-state index contributed by atoms with van der Waals surface area (Å²) in [4.78, 5) is 4.50. The molecule has 0 aliphatic heterocycles. The highest BCUT2D eigenvalue weighted by Crippen LogP contribution is 2.34. The molecule has 4 heteroatoms. The number of aryl methyl sites for hydroxylation is 1. The molecule has 0 amide bonds. The highest BCUT2D eigenvalue weighted by atomic mass is 16.5. The first-order chi connectivity index (χ1) is 9.17. The van der Waals surface area contributed by atoms with E-state index in [4.69, 9.17) is 10.3 Å². The average molecular weight is 257 g/mol. The average Bonchev–Trinajstić information content (AvgIpc) is 2.91. The third-order valence-electron chi connectivity index (χ3n) is 3.92. The van der Waals surface area contributed by atoms with E-state index in [1.165, 1.54) is 12.0 Å². The van der Waals surface area contributed by atoms with Crippen molar-refractivity contribution >= 4 is 0 Å². The molecule has 0 bridgehead atoms. The Bertz CT molecular complexity index is 553. The summed E-state index contributed by atoms with van der Waals surface area (Å²) >= 11 is 0. The SMILES string of the molecule is Cc1ccc(-c2nc(C3(N)CCCCC3)no2)cc1. The van der Waals surface area contributed by atoms with Crippen LogP contribution in [0.15, 0.2) is 28.8 Å². The molecule has 1 aliphatic rings. The van der Waals surface area contributed by atoms with Gasteiger partial charge in [0.1, 0.15) is 0 Å². The Morgan fingerprint density at radius 1 is 1.11 bits per heavy atom. The first kappa shape index (κ1) is 12.4. The van der Waals surface area contributed by atoms with Crippen LogP contribution in [-0.2, 0) is 5.54 Å². The van der Waals surface area contributed by atoms with Crippen LogP contribution in [-0.4, -0.2) is 10.1 Å². The molecular weight excluding hydrogens is 238 g/mol. The molecule has 0 unspecified atom stereocenters. The molecule has 1 saturated carbocycles. The van der Waals surface area contributed by atoms with E-state index in [1.807, 2.05) is 24.3 Å². The summed E-state index contributed by atoms with van der Waals surface area (Å²) in [5, 5.41) is 4.10. The van der Waals surface area contributed by atoms with Gasteiger partial charge in [-0.1, -0.05) is 42.1 Å². The maximum Gasteiger partial charge on any atom is 0.257 e. The van der Waals surface area contributed by atoms with Crippen LogP contribution in [0.2, 0.25) is 0 Å². The zero-order chi connectivity index (χ0) is 13.3. The molecule has 1 fully saturated rings. The van der Waals surface area contributed by atoms with Crippen molar-refractivity contribution < 1.29 is 4.52 Å². The van der Waals surface area contributed by atoms with Crippen LogP contribution in [0.4, 0.5) is 0 Å². The topological polar surface area (TPSA) is 64.9 Å². The minimum Gasteiger partial charge on any atom is -0.334 e. The zero-order valence-electron chi connectivity index (χ0n) is 11.2. The predicted molar refractivity (Wildman–Crippen MR) is 73.4 cm³/mol. The van der Waals surface area contributed by atoms with Crippen molar-refractivity contribution in [2.45, 2.75) is 44.6 Å². The number of aromatic nitrogens is 2. The summed E-state index contributed by atoms with van der Waals surface area (Å²) in [6.45, 7) is 2.06. The summed E-state index contributed by atoms with van der Waals surface area (Å²) in [5.41, 5.74) is 8.17. The van der Waals surface area contributed by atoms with Crippen molar-refractivity contribution in [1.29, 1.82) is 0 Å².